The number of benzene rings is 1. The van der Waals surface area contributed by atoms with E-state index < -0.39 is 26.3 Å². The molecule has 1 aromatic heterocycles. The third-order valence-electron chi connectivity index (χ3n) is 4.38. The molecule has 13 nitrogen and oxygen atoms in total. The molecule has 0 bridgehead atoms. The zero-order valence-electron chi connectivity index (χ0n) is 15.9. The van der Waals surface area contributed by atoms with Crippen LogP contribution in [0.1, 0.15) is 12.6 Å². The first-order valence-corrected chi connectivity index (χ1v) is 10.6. The van der Waals surface area contributed by atoms with Gasteiger partial charge in [-0.15, -0.1) is 0 Å². The molecule has 0 aliphatic carbocycles. The van der Waals surface area contributed by atoms with Gasteiger partial charge in [-0.2, -0.15) is 4.98 Å². The summed E-state index contributed by atoms with van der Waals surface area (Å²) in [5.74, 6) is 0.829. The maximum Gasteiger partial charge on any atom is 0.524 e. The number of nitrogens with two attached hydrogens (primary N) is 1. The lowest BCUT2D eigenvalue weighted by molar-refractivity contribution is 0.0588. The largest absolute Gasteiger partial charge is 0.524 e. The molecule has 0 amide bonds. The van der Waals surface area contributed by atoms with Gasteiger partial charge in [0.2, 0.25) is 0 Å². The minimum Gasteiger partial charge on any atom is -0.490 e. The lowest BCUT2D eigenvalue weighted by Crippen LogP contribution is -2.28. The molecule has 2 aliphatic rings. The van der Waals surface area contributed by atoms with Crippen LogP contribution in [0.2, 0.25) is 0 Å². The Morgan fingerprint density at radius 2 is 2.16 bits per heavy atom. The second-order valence-corrected chi connectivity index (χ2v) is 7.66. The number of para-hydroxylation sites is 1. The number of anilines is 2. The Labute approximate surface area is 174 Å². The Morgan fingerprint density at radius 1 is 1.35 bits per heavy atom. The highest BCUT2D eigenvalue weighted by Gasteiger charge is 2.34. The van der Waals surface area contributed by atoms with E-state index in [2.05, 4.69) is 14.8 Å². The second-order valence-electron chi connectivity index (χ2n) is 6.50. The van der Waals surface area contributed by atoms with Crippen molar-refractivity contribution in [2.24, 2.45) is 5.73 Å². The summed E-state index contributed by atoms with van der Waals surface area (Å²) in [6.45, 7) is -0.0583. The van der Waals surface area contributed by atoms with E-state index in [1.165, 1.54) is 6.20 Å². The lowest BCUT2D eigenvalue weighted by Gasteiger charge is -2.24. The molecule has 0 saturated heterocycles. The quantitative estimate of drug-likeness (QED) is 0.314. The van der Waals surface area contributed by atoms with Crippen LogP contribution in [-0.2, 0) is 13.8 Å². The maximum absolute atomic E-state index is 12.6. The summed E-state index contributed by atoms with van der Waals surface area (Å²) in [6, 6.07) is 5.14. The van der Waals surface area contributed by atoms with Gasteiger partial charge in [0.15, 0.2) is 35.1 Å². The van der Waals surface area contributed by atoms with E-state index in [1.54, 1.807) is 18.2 Å². The summed E-state index contributed by atoms with van der Waals surface area (Å²) >= 11 is 0. The summed E-state index contributed by atoms with van der Waals surface area (Å²) in [6.07, 6.45) is 0.0922. The molecule has 1 unspecified atom stereocenters. The van der Waals surface area contributed by atoms with Crippen LogP contribution in [-0.4, -0.2) is 44.2 Å². The van der Waals surface area contributed by atoms with E-state index in [-0.39, 0.29) is 36.1 Å². The van der Waals surface area contributed by atoms with Gasteiger partial charge in [0.25, 0.3) is 0 Å². The highest BCUT2D eigenvalue weighted by Crippen LogP contribution is 2.47. The van der Waals surface area contributed by atoms with Crippen molar-refractivity contribution in [2.75, 3.05) is 25.1 Å². The van der Waals surface area contributed by atoms with Crippen molar-refractivity contribution in [1.82, 2.24) is 9.55 Å². The van der Waals surface area contributed by atoms with Crippen molar-refractivity contribution in [2.45, 2.75) is 12.6 Å². The van der Waals surface area contributed by atoms with Gasteiger partial charge in [-0.05, 0) is 12.1 Å². The van der Waals surface area contributed by atoms with Crippen molar-refractivity contribution >= 4 is 19.3 Å². The first-order valence-electron chi connectivity index (χ1n) is 9.07. The predicted molar refractivity (Wildman–Crippen MR) is 105 cm³/mol. The first kappa shape index (κ1) is 21.2. The number of hydrogen-bond acceptors (Lipinski definition) is 10. The summed E-state index contributed by atoms with van der Waals surface area (Å²) in [4.78, 5) is 34.6. The van der Waals surface area contributed by atoms with Crippen LogP contribution in [0.5, 0.6) is 17.2 Å². The van der Waals surface area contributed by atoms with Crippen LogP contribution in [0.15, 0.2) is 40.7 Å². The summed E-state index contributed by atoms with van der Waals surface area (Å²) in [5, 5.41) is 12.4. The molecule has 14 heteroatoms. The monoisotopic (exact) mass is 454 g/mol. The number of rotatable bonds is 7. The normalized spacial score (nSPS) is 17.2. The van der Waals surface area contributed by atoms with E-state index >= 15 is 0 Å². The number of nitrogens with one attached hydrogen (secondary N) is 1. The predicted octanol–water partition coefficient (Wildman–Crippen LogP) is 0.662. The molecule has 2 aliphatic heterocycles. The molecule has 6 N–H and O–H groups in total. The number of phosphoric acid groups is 1. The molecular formula is C17H19N4O9P. The van der Waals surface area contributed by atoms with Gasteiger partial charge in [-0.1, -0.05) is 6.07 Å². The van der Waals surface area contributed by atoms with Crippen LogP contribution in [0.25, 0.3) is 0 Å². The molecule has 1 atom stereocenters. The molecule has 0 fully saturated rings. The molecule has 166 valence electrons. The Bertz CT molecular complexity index is 1140. The number of fused-ring (bicyclic) bond motifs is 2. The minimum atomic E-state index is -4.87. The van der Waals surface area contributed by atoms with Crippen molar-refractivity contribution in [3.63, 3.8) is 0 Å². The number of hydrogen-bond donors (Lipinski definition) is 5. The average molecular weight is 454 g/mol. The van der Waals surface area contributed by atoms with Gasteiger partial charge >= 0.3 is 13.5 Å². The highest BCUT2D eigenvalue weighted by molar-refractivity contribution is 7.46. The van der Waals surface area contributed by atoms with Crippen molar-refractivity contribution in [1.29, 1.82) is 0 Å². The number of aromatic nitrogens is 2. The fourth-order valence-corrected chi connectivity index (χ4v) is 3.59. The fourth-order valence-electron chi connectivity index (χ4n) is 3.12. The van der Waals surface area contributed by atoms with Gasteiger partial charge in [0, 0.05) is 6.54 Å². The smallest absolute Gasteiger partial charge is 0.490 e. The second kappa shape index (κ2) is 8.21. The third kappa shape index (κ3) is 4.36. The van der Waals surface area contributed by atoms with E-state index in [0.717, 1.165) is 4.57 Å². The number of nitrogens with zero attached hydrogens (tertiary/aromatic N) is 2. The van der Waals surface area contributed by atoms with E-state index in [4.69, 9.17) is 29.7 Å². The third-order valence-corrected chi connectivity index (χ3v) is 4.84. The van der Waals surface area contributed by atoms with Gasteiger partial charge in [-0.25, -0.2) is 9.36 Å². The molecule has 4 rings (SSSR count). The maximum atomic E-state index is 12.6. The molecule has 0 saturated carbocycles. The topological polar surface area (TPSA) is 188 Å². The van der Waals surface area contributed by atoms with Crippen LogP contribution >= 0.6 is 7.82 Å². The van der Waals surface area contributed by atoms with Crippen LogP contribution in [0, 0.1) is 0 Å². The van der Waals surface area contributed by atoms with Crippen molar-refractivity contribution in [3.8, 4) is 17.2 Å². The Balaban J connectivity index is 1.61. The zero-order chi connectivity index (χ0) is 22.2. The molecule has 3 heterocycles. The average Bonchev–Trinajstić information content (AvgIpc) is 3.11. The summed E-state index contributed by atoms with van der Waals surface area (Å²) in [7, 11) is -4.87. The Hall–Kier alpha value is -3.09. The van der Waals surface area contributed by atoms with Gasteiger partial charge < -0.3 is 34.9 Å². The van der Waals surface area contributed by atoms with Gasteiger partial charge in [0.05, 0.1) is 12.6 Å². The van der Waals surface area contributed by atoms with E-state index in [9.17, 15) is 14.5 Å². The standard InChI is InChI=1S/C17H19N4O9P/c18-4-5-27-9-2-1-3-10-15(9)19-16-12(28-10)7-21(17(23)20-16)14-6-11(13(8-22)29-14)30-31(24,25)26/h1-3,7,14,22H,4-6,8,18H2,(H,19,20,23)(H2,24,25,26). The number of ether oxygens (including phenoxy) is 3. The fraction of sp³-hybridized carbons (Fsp3) is 0.294. The number of phosphoric ester groups is 1. The van der Waals surface area contributed by atoms with E-state index in [1.807, 2.05) is 0 Å². The number of aliphatic hydroxyl groups is 1. The number of aliphatic hydroxyl groups excluding tert-OH is 1. The van der Waals surface area contributed by atoms with Crippen molar-refractivity contribution in [3.05, 3.63) is 46.4 Å². The molecular weight excluding hydrogens is 435 g/mol. The highest BCUT2D eigenvalue weighted by atomic mass is 31.2. The molecule has 1 aromatic carbocycles. The molecule has 31 heavy (non-hydrogen) atoms. The lowest BCUT2D eigenvalue weighted by atomic mass is 10.2. The molecule has 0 radical (unpaired) electrons. The van der Waals surface area contributed by atoms with Crippen LogP contribution < -0.4 is 26.2 Å². The first-order chi connectivity index (χ1) is 14.8. The SMILES string of the molecule is NCCOc1cccc2c1Nc1nc(=O)n(C3CC(OP(=O)(O)O)=C(CO)O3)cc1O2. The van der Waals surface area contributed by atoms with Crippen LogP contribution in [0.3, 0.4) is 0 Å². The van der Waals surface area contributed by atoms with Gasteiger partial charge in [-0.3, -0.25) is 14.4 Å². The van der Waals surface area contributed by atoms with E-state index in [0.29, 0.717) is 23.7 Å². The zero-order valence-corrected chi connectivity index (χ0v) is 16.8. The Kier molecular flexibility index (Phi) is 5.60. The summed E-state index contributed by atoms with van der Waals surface area (Å²) in [5.41, 5.74) is 5.24. The van der Waals surface area contributed by atoms with Crippen LogP contribution in [0.4, 0.5) is 11.5 Å². The van der Waals surface area contributed by atoms with Crippen molar-refractivity contribution < 1.29 is 38.2 Å². The van der Waals surface area contributed by atoms with Gasteiger partial charge in [0.1, 0.15) is 24.7 Å². The summed E-state index contributed by atoms with van der Waals surface area (Å²) < 4.78 is 33.6. The minimum absolute atomic E-state index is 0.151. The molecule has 2 aromatic rings. The molecule has 0 spiro atoms. The Morgan fingerprint density at radius 3 is 2.87 bits per heavy atom.